The number of rotatable bonds is 4. The van der Waals surface area contributed by atoms with Crippen molar-refractivity contribution in [3.63, 3.8) is 0 Å². The smallest absolute Gasteiger partial charge is 0.227 e. The molecule has 0 radical (unpaired) electrons. The lowest BCUT2D eigenvalue weighted by Crippen LogP contribution is -2.42. The van der Waals surface area contributed by atoms with E-state index in [1.165, 1.54) is 0 Å². The van der Waals surface area contributed by atoms with Gasteiger partial charge in [0.2, 0.25) is 5.91 Å². The van der Waals surface area contributed by atoms with Crippen LogP contribution in [-0.4, -0.2) is 34.4 Å². The Kier molecular flexibility index (Phi) is 4.01. The van der Waals surface area contributed by atoms with Gasteiger partial charge in [0.15, 0.2) is 0 Å². The second-order valence-electron chi connectivity index (χ2n) is 4.89. The number of nitrogens with zero attached hydrogens (tertiary/aromatic N) is 2. The molecule has 1 aromatic heterocycles. The summed E-state index contributed by atoms with van der Waals surface area (Å²) in [6, 6.07) is 0.154. The van der Waals surface area contributed by atoms with Crippen LogP contribution in [-0.2, 0) is 16.6 Å². The first-order valence-electron chi connectivity index (χ1n) is 6.52. The maximum absolute atomic E-state index is 12.2. The Morgan fingerprint density at radius 1 is 1.72 bits per heavy atom. The van der Waals surface area contributed by atoms with E-state index >= 15 is 0 Å². The molecular weight excluding hydrogens is 230 g/mol. The summed E-state index contributed by atoms with van der Waals surface area (Å²) < 4.78 is 7.29. The van der Waals surface area contributed by atoms with E-state index in [4.69, 9.17) is 4.74 Å². The molecule has 1 aromatic rings. The van der Waals surface area contributed by atoms with E-state index in [9.17, 15) is 4.79 Å². The highest BCUT2D eigenvalue weighted by molar-refractivity contribution is 5.83. The van der Waals surface area contributed by atoms with Gasteiger partial charge in [-0.2, -0.15) is 5.10 Å². The van der Waals surface area contributed by atoms with E-state index < -0.39 is 0 Å². The van der Waals surface area contributed by atoms with Crippen LogP contribution in [0.15, 0.2) is 12.4 Å². The van der Waals surface area contributed by atoms with Gasteiger partial charge in [0.25, 0.3) is 0 Å². The molecule has 18 heavy (non-hydrogen) atoms. The molecule has 3 atom stereocenters. The standard InChI is InChI=1S/C13H21N3O2/c1-4-12-11(5-6-18-12)15-13(17)9(2)10-7-14-16(3)8-10/h7-9,11-12H,4-6H2,1-3H3,(H,15,17)/t9?,11-,12+/m1/s1. The number of ether oxygens (including phenoxy) is 1. The van der Waals surface area contributed by atoms with E-state index in [2.05, 4.69) is 17.3 Å². The number of aryl methyl sites for hydroxylation is 1. The van der Waals surface area contributed by atoms with Crippen LogP contribution >= 0.6 is 0 Å². The van der Waals surface area contributed by atoms with Crippen LogP contribution in [0.3, 0.4) is 0 Å². The largest absolute Gasteiger partial charge is 0.376 e. The van der Waals surface area contributed by atoms with Gasteiger partial charge in [0.05, 0.1) is 24.3 Å². The summed E-state index contributed by atoms with van der Waals surface area (Å²) in [5, 5.41) is 7.18. The molecular formula is C13H21N3O2. The lowest BCUT2D eigenvalue weighted by Gasteiger charge is -2.20. The minimum absolute atomic E-state index is 0.0527. The van der Waals surface area contributed by atoms with Gasteiger partial charge < -0.3 is 10.1 Å². The number of aromatic nitrogens is 2. The van der Waals surface area contributed by atoms with Crippen LogP contribution in [0.4, 0.5) is 0 Å². The average Bonchev–Trinajstić information content (AvgIpc) is 2.96. The average molecular weight is 251 g/mol. The number of carbonyl (C=O) groups is 1. The summed E-state index contributed by atoms with van der Waals surface area (Å²) in [6.45, 7) is 4.73. The third-order valence-corrected chi connectivity index (χ3v) is 3.56. The van der Waals surface area contributed by atoms with Gasteiger partial charge in [-0.1, -0.05) is 6.92 Å². The Bertz CT molecular complexity index is 416. The van der Waals surface area contributed by atoms with Crippen LogP contribution in [0.25, 0.3) is 0 Å². The molecule has 0 saturated carbocycles. The van der Waals surface area contributed by atoms with E-state index in [-0.39, 0.29) is 24.0 Å². The summed E-state index contributed by atoms with van der Waals surface area (Å²) in [5.41, 5.74) is 0.946. The van der Waals surface area contributed by atoms with Crippen molar-refractivity contribution in [2.45, 2.75) is 44.8 Å². The quantitative estimate of drug-likeness (QED) is 0.875. The van der Waals surface area contributed by atoms with E-state index in [1.54, 1.807) is 10.9 Å². The highest BCUT2D eigenvalue weighted by atomic mass is 16.5. The molecule has 1 aliphatic heterocycles. The topological polar surface area (TPSA) is 56.1 Å². The first kappa shape index (κ1) is 13.1. The highest BCUT2D eigenvalue weighted by Gasteiger charge is 2.29. The van der Waals surface area contributed by atoms with Crippen LogP contribution in [0.2, 0.25) is 0 Å². The van der Waals surface area contributed by atoms with Gasteiger partial charge in [0.1, 0.15) is 0 Å². The molecule has 1 fully saturated rings. The maximum atomic E-state index is 12.2. The molecule has 1 unspecified atom stereocenters. The molecule has 0 aliphatic carbocycles. The SMILES string of the molecule is CC[C@@H]1OCC[C@H]1NC(=O)C(C)c1cnn(C)c1. The molecule has 0 spiro atoms. The lowest BCUT2D eigenvalue weighted by molar-refractivity contribution is -0.123. The Balaban J connectivity index is 1.95. The predicted molar refractivity (Wildman–Crippen MR) is 68.2 cm³/mol. The second-order valence-corrected chi connectivity index (χ2v) is 4.89. The molecule has 2 rings (SSSR count). The van der Waals surface area contributed by atoms with Crippen LogP contribution in [0.1, 0.15) is 38.2 Å². The van der Waals surface area contributed by atoms with Crippen molar-refractivity contribution >= 4 is 5.91 Å². The van der Waals surface area contributed by atoms with Crippen LogP contribution < -0.4 is 5.32 Å². The monoisotopic (exact) mass is 251 g/mol. The zero-order valence-corrected chi connectivity index (χ0v) is 11.2. The minimum Gasteiger partial charge on any atom is -0.376 e. The Labute approximate surface area is 108 Å². The van der Waals surface area contributed by atoms with Gasteiger partial charge >= 0.3 is 0 Å². The van der Waals surface area contributed by atoms with Gasteiger partial charge in [0, 0.05) is 25.4 Å². The molecule has 1 aliphatic rings. The Morgan fingerprint density at radius 2 is 2.50 bits per heavy atom. The molecule has 0 bridgehead atoms. The predicted octanol–water partition coefficient (Wildman–Crippen LogP) is 1.21. The zero-order chi connectivity index (χ0) is 13.1. The normalized spacial score (nSPS) is 25.1. The van der Waals surface area contributed by atoms with Gasteiger partial charge in [-0.25, -0.2) is 0 Å². The number of nitrogens with one attached hydrogen (secondary N) is 1. The summed E-state index contributed by atoms with van der Waals surface area (Å²) in [5.74, 6) is -0.117. The van der Waals surface area contributed by atoms with E-state index in [0.717, 1.165) is 25.0 Å². The van der Waals surface area contributed by atoms with Crippen LogP contribution in [0.5, 0.6) is 0 Å². The molecule has 5 nitrogen and oxygen atoms in total. The Hall–Kier alpha value is -1.36. The summed E-state index contributed by atoms with van der Waals surface area (Å²) in [7, 11) is 1.85. The fourth-order valence-electron chi connectivity index (χ4n) is 2.34. The molecule has 1 N–H and O–H groups in total. The van der Waals surface area contributed by atoms with Crippen molar-refractivity contribution in [3.8, 4) is 0 Å². The van der Waals surface area contributed by atoms with Crippen molar-refractivity contribution < 1.29 is 9.53 Å². The van der Waals surface area contributed by atoms with Crippen molar-refractivity contribution in [1.82, 2.24) is 15.1 Å². The highest BCUT2D eigenvalue weighted by Crippen LogP contribution is 2.19. The van der Waals surface area contributed by atoms with Crippen molar-refractivity contribution in [2.75, 3.05) is 6.61 Å². The molecule has 1 amide bonds. The van der Waals surface area contributed by atoms with E-state index in [1.807, 2.05) is 20.2 Å². The van der Waals surface area contributed by atoms with E-state index in [0.29, 0.717) is 0 Å². The van der Waals surface area contributed by atoms with Gasteiger partial charge in [-0.3, -0.25) is 9.48 Å². The third-order valence-electron chi connectivity index (χ3n) is 3.56. The molecule has 2 heterocycles. The molecule has 100 valence electrons. The number of hydrogen-bond donors (Lipinski definition) is 1. The first-order valence-corrected chi connectivity index (χ1v) is 6.52. The first-order chi connectivity index (χ1) is 8.61. The fourth-order valence-corrected chi connectivity index (χ4v) is 2.34. The number of hydrogen-bond acceptors (Lipinski definition) is 3. The van der Waals surface area contributed by atoms with Crippen molar-refractivity contribution in [3.05, 3.63) is 18.0 Å². The number of carbonyl (C=O) groups excluding carboxylic acids is 1. The number of amides is 1. The molecule has 0 aromatic carbocycles. The van der Waals surface area contributed by atoms with Gasteiger partial charge in [-0.15, -0.1) is 0 Å². The van der Waals surface area contributed by atoms with Crippen molar-refractivity contribution in [1.29, 1.82) is 0 Å². The molecule has 5 heteroatoms. The maximum Gasteiger partial charge on any atom is 0.227 e. The summed E-state index contributed by atoms with van der Waals surface area (Å²) in [6.07, 6.45) is 5.63. The Morgan fingerprint density at radius 3 is 3.11 bits per heavy atom. The summed E-state index contributed by atoms with van der Waals surface area (Å²) >= 11 is 0. The summed E-state index contributed by atoms with van der Waals surface area (Å²) in [4.78, 5) is 12.2. The van der Waals surface area contributed by atoms with Crippen LogP contribution in [0, 0.1) is 0 Å². The zero-order valence-electron chi connectivity index (χ0n) is 11.2. The van der Waals surface area contributed by atoms with Gasteiger partial charge in [-0.05, 0) is 19.8 Å². The fraction of sp³-hybridized carbons (Fsp3) is 0.692. The third kappa shape index (κ3) is 2.72. The van der Waals surface area contributed by atoms with Crippen molar-refractivity contribution in [2.24, 2.45) is 7.05 Å². The molecule has 1 saturated heterocycles. The lowest BCUT2D eigenvalue weighted by atomic mass is 10.0. The minimum atomic E-state index is -0.170. The second kappa shape index (κ2) is 5.52.